The number of carbonyl (C=O) groups excluding carboxylic acids is 1. The SMILES string of the molecule is Cc1nc(NC(=O)C(C)n2c(N)nnc2SCc2ccccc2)sc1C. The van der Waals surface area contributed by atoms with E-state index in [-0.39, 0.29) is 11.9 Å². The van der Waals surface area contributed by atoms with Crippen LogP contribution in [-0.2, 0) is 10.5 Å². The van der Waals surface area contributed by atoms with Gasteiger partial charge < -0.3 is 11.1 Å². The van der Waals surface area contributed by atoms with Crippen LogP contribution in [0.2, 0.25) is 0 Å². The molecule has 0 aliphatic heterocycles. The minimum Gasteiger partial charge on any atom is -0.368 e. The van der Waals surface area contributed by atoms with Gasteiger partial charge in [0.25, 0.3) is 0 Å². The van der Waals surface area contributed by atoms with Crippen LogP contribution in [0.25, 0.3) is 0 Å². The number of benzene rings is 1. The van der Waals surface area contributed by atoms with Gasteiger partial charge in [0.15, 0.2) is 10.3 Å². The van der Waals surface area contributed by atoms with Gasteiger partial charge >= 0.3 is 0 Å². The summed E-state index contributed by atoms with van der Waals surface area (Å²) in [5.74, 6) is 0.736. The number of thioether (sulfide) groups is 1. The molecule has 0 radical (unpaired) electrons. The third-order valence-corrected chi connectivity index (χ3v) is 5.93. The van der Waals surface area contributed by atoms with Gasteiger partial charge in [-0.1, -0.05) is 42.1 Å². The summed E-state index contributed by atoms with van der Waals surface area (Å²) in [6, 6.07) is 9.49. The zero-order valence-electron chi connectivity index (χ0n) is 14.8. The van der Waals surface area contributed by atoms with Crippen molar-refractivity contribution in [3.8, 4) is 0 Å². The van der Waals surface area contributed by atoms with Crippen LogP contribution in [0.5, 0.6) is 0 Å². The number of hydrogen-bond donors (Lipinski definition) is 2. The van der Waals surface area contributed by atoms with Crippen molar-refractivity contribution in [1.29, 1.82) is 0 Å². The lowest BCUT2D eigenvalue weighted by atomic mass is 10.2. The number of rotatable bonds is 6. The van der Waals surface area contributed by atoms with Crippen molar-refractivity contribution in [2.24, 2.45) is 0 Å². The molecule has 26 heavy (non-hydrogen) atoms. The van der Waals surface area contributed by atoms with Crippen LogP contribution in [0.4, 0.5) is 11.1 Å². The molecule has 0 aliphatic rings. The Morgan fingerprint density at radius 1 is 1.31 bits per heavy atom. The summed E-state index contributed by atoms with van der Waals surface area (Å²) >= 11 is 2.95. The maximum Gasteiger partial charge on any atom is 0.249 e. The van der Waals surface area contributed by atoms with Crippen molar-refractivity contribution in [2.75, 3.05) is 11.1 Å². The van der Waals surface area contributed by atoms with E-state index in [1.807, 2.05) is 44.2 Å². The molecule has 136 valence electrons. The Morgan fingerprint density at radius 3 is 2.69 bits per heavy atom. The van der Waals surface area contributed by atoms with E-state index in [9.17, 15) is 4.79 Å². The van der Waals surface area contributed by atoms with Gasteiger partial charge in [-0.3, -0.25) is 9.36 Å². The van der Waals surface area contributed by atoms with E-state index in [0.717, 1.165) is 21.9 Å². The second-order valence-electron chi connectivity index (χ2n) is 5.81. The van der Waals surface area contributed by atoms with Crippen molar-refractivity contribution < 1.29 is 4.79 Å². The van der Waals surface area contributed by atoms with Gasteiger partial charge in [0.1, 0.15) is 6.04 Å². The number of hydrogen-bond acceptors (Lipinski definition) is 7. The smallest absolute Gasteiger partial charge is 0.249 e. The van der Waals surface area contributed by atoms with Crippen LogP contribution in [0.1, 0.15) is 29.1 Å². The van der Waals surface area contributed by atoms with Crippen LogP contribution < -0.4 is 11.1 Å². The van der Waals surface area contributed by atoms with E-state index in [4.69, 9.17) is 5.73 Å². The van der Waals surface area contributed by atoms with E-state index >= 15 is 0 Å². The maximum absolute atomic E-state index is 12.6. The lowest BCUT2D eigenvalue weighted by Crippen LogP contribution is -2.25. The quantitative estimate of drug-likeness (QED) is 0.628. The molecular formula is C17H20N6OS2. The molecular weight excluding hydrogens is 368 g/mol. The molecule has 1 amide bonds. The molecule has 0 aliphatic carbocycles. The van der Waals surface area contributed by atoms with Gasteiger partial charge in [0, 0.05) is 10.6 Å². The fraction of sp³-hybridized carbons (Fsp3) is 0.294. The predicted molar refractivity (Wildman–Crippen MR) is 105 cm³/mol. The molecule has 1 unspecified atom stereocenters. The molecule has 1 aromatic carbocycles. The molecule has 3 aromatic rings. The second kappa shape index (κ2) is 7.88. The summed E-state index contributed by atoms with van der Waals surface area (Å²) in [5.41, 5.74) is 8.03. The maximum atomic E-state index is 12.6. The molecule has 3 rings (SSSR count). The lowest BCUT2D eigenvalue weighted by Gasteiger charge is -2.15. The van der Waals surface area contributed by atoms with E-state index in [2.05, 4.69) is 20.5 Å². The Bertz CT molecular complexity index is 886. The molecule has 9 heteroatoms. The highest BCUT2D eigenvalue weighted by Crippen LogP contribution is 2.27. The van der Waals surface area contributed by atoms with Crippen molar-refractivity contribution in [2.45, 2.75) is 37.7 Å². The van der Waals surface area contributed by atoms with Crippen molar-refractivity contribution >= 4 is 40.1 Å². The van der Waals surface area contributed by atoms with E-state index in [0.29, 0.717) is 10.3 Å². The summed E-state index contributed by atoms with van der Waals surface area (Å²) in [7, 11) is 0. The van der Waals surface area contributed by atoms with Crippen molar-refractivity contribution in [3.05, 3.63) is 46.5 Å². The topological polar surface area (TPSA) is 98.7 Å². The fourth-order valence-corrected chi connectivity index (χ4v) is 4.12. The molecule has 2 heterocycles. The van der Waals surface area contributed by atoms with Crippen LogP contribution in [0.15, 0.2) is 35.5 Å². The summed E-state index contributed by atoms with van der Waals surface area (Å²) < 4.78 is 1.65. The first-order chi connectivity index (χ1) is 12.5. The van der Waals surface area contributed by atoms with Crippen LogP contribution in [-0.4, -0.2) is 25.7 Å². The largest absolute Gasteiger partial charge is 0.368 e. The molecule has 1 atom stereocenters. The minimum atomic E-state index is -0.548. The molecule has 0 fully saturated rings. The van der Waals surface area contributed by atoms with Gasteiger partial charge in [-0.2, -0.15) is 0 Å². The molecule has 3 N–H and O–H groups in total. The van der Waals surface area contributed by atoms with Gasteiger partial charge in [-0.05, 0) is 26.3 Å². The molecule has 7 nitrogen and oxygen atoms in total. The Hall–Kier alpha value is -2.39. The van der Waals surface area contributed by atoms with E-state index in [1.165, 1.54) is 23.1 Å². The Morgan fingerprint density at radius 2 is 2.04 bits per heavy atom. The summed E-state index contributed by atoms with van der Waals surface area (Å²) in [6.07, 6.45) is 0. The van der Waals surface area contributed by atoms with Crippen LogP contribution >= 0.6 is 23.1 Å². The number of thiazole rings is 1. The lowest BCUT2D eigenvalue weighted by molar-refractivity contribution is -0.118. The third-order valence-electron chi connectivity index (χ3n) is 3.93. The second-order valence-corrected chi connectivity index (χ2v) is 7.96. The summed E-state index contributed by atoms with van der Waals surface area (Å²) in [6.45, 7) is 5.66. The van der Waals surface area contributed by atoms with Crippen LogP contribution in [0.3, 0.4) is 0 Å². The average molecular weight is 389 g/mol. The zero-order valence-corrected chi connectivity index (χ0v) is 16.4. The minimum absolute atomic E-state index is 0.202. The normalized spacial score (nSPS) is 12.1. The third kappa shape index (κ3) is 4.05. The average Bonchev–Trinajstić information content (AvgIpc) is 3.15. The number of nitrogens with two attached hydrogens (primary N) is 1. The zero-order chi connectivity index (χ0) is 18.7. The number of nitrogens with one attached hydrogen (secondary N) is 1. The summed E-state index contributed by atoms with van der Waals surface area (Å²) in [4.78, 5) is 18.0. The number of carbonyl (C=O) groups is 1. The van der Waals surface area contributed by atoms with Crippen molar-refractivity contribution in [1.82, 2.24) is 19.7 Å². The summed E-state index contributed by atoms with van der Waals surface area (Å²) in [5, 5.41) is 12.1. The molecule has 0 saturated heterocycles. The number of anilines is 2. The Labute approximate surface area is 160 Å². The number of aromatic nitrogens is 4. The number of nitrogens with zero attached hydrogens (tertiary/aromatic N) is 4. The van der Waals surface area contributed by atoms with Crippen molar-refractivity contribution in [3.63, 3.8) is 0 Å². The molecule has 2 aromatic heterocycles. The standard InChI is InChI=1S/C17H20N6OS2/c1-10-12(3)26-16(19-10)20-14(24)11(2)23-15(18)21-22-17(23)25-9-13-7-5-4-6-8-13/h4-8,11H,9H2,1-3H3,(H2,18,21)(H,19,20,24). The fourth-order valence-electron chi connectivity index (χ4n) is 2.33. The predicted octanol–water partition coefficient (Wildman–Crippen LogP) is 3.43. The highest BCUT2D eigenvalue weighted by Gasteiger charge is 2.23. The first-order valence-electron chi connectivity index (χ1n) is 8.07. The van der Waals surface area contributed by atoms with E-state index in [1.54, 1.807) is 11.5 Å². The number of nitrogen functional groups attached to an aromatic ring is 1. The molecule has 0 spiro atoms. The first-order valence-corrected chi connectivity index (χ1v) is 9.88. The molecule has 0 bridgehead atoms. The number of amides is 1. The van der Waals surface area contributed by atoms with Gasteiger partial charge in [-0.25, -0.2) is 4.98 Å². The monoisotopic (exact) mass is 388 g/mol. The highest BCUT2D eigenvalue weighted by molar-refractivity contribution is 7.98. The first kappa shape index (κ1) is 18.4. The highest BCUT2D eigenvalue weighted by atomic mass is 32.2. The number of aryl methyl sites for hydroxylation is 2. The van der Waals surface area contributed by atoms with Gasteiger partial charge in [0.05, 0.1) is 5.69 Å². The molecule has 0 saturated carbocycles. The van der Waals surface area contributed by atoms with Gasteiger partial charge in [-0.15, -0.1) is 21.5 Å². The Kier molecular flexibility index (Phi) is 5.58. The van der Waals surface area contributed by atoms with E-state index < -0.39 is 6.04 Å². The Balaban J connectivity index is 1.73. The van der Waals surface area contributed by atoms with Gasteiger partial charge in [0.2, 0.25) is 11.9 Å². The van der Waals surface area contributed by atoms with Crippen LogP contribution in [0, 0.1) is 13.8 Å².